The SMILES string of the molecule is COc1ccc(CCNC(=O)C(=O)N/N=C\c2ccc(OCC(=O)Nc3cccc(Cl)c3C)c(OC)c2)cc1OC. The largest absolute Gasteiger partial charge is 0.493 e. The van der Waals surface area contributed by atoms with Crippen LogP contribution in [0.4, 0.5) is 5.69 Å². The Kier molecular flexibility index (Phi) is 11.4. The zero-order valence-corrected chi connectivity index (χ0v) is 23.8. The number of benzene rings is 3. The predicted octanol–water partition coefficient (Wildman–Crippen LogP) is 3.50. The van der Waals surface area contributed by atoms with Crippen LogP contribution in [0.5, 0.6) is 23.0 Å². The second-order valence-electron chi connectivity index (χ2n) is 8.55. The van der Waals surface area contributed by atoms with Gasteiger partial charge in [-0.25, -0.2) is 5.43 Å². The van der Waals surface area contributed by atoms with Gasteiger partial charge in [0.25, 0.3) is 5.91 Å². The number of halogens is 1. The molecular weight excluding hydrogens is 552 g/mol. The molecule has 0 bridgehead atoms. The Balaban J connectivity index is 1.47. The van der Waals surface area contributed by atoms with Crippen molar-refractivity contribution in [2.75, 3.05) is 39.8 Å². The van der Waals surface area contributed by atoms with Crippen molar-refractivity contribution in [2.24, 2.45) is 5.10 Å². The van der Waals surface area contributed by atoms with E-state index in [4.69, 9.17) is 30.5 Å². The maximum absolute atomic E-state index is 12.3. The molecule has 0 aliphatic carbocycles. The minimum Gasteiger partial charge on any atom is -0.493 e. The minimum atomic E-state index is -0.915. The number of amides is 3. The average molecular weight is 583 g/mol. The van der Waals surface area contributed by atoms with Gasteiger partial charge < -0.3 is 29.6 Å². The minimum absolute atomic E-state index is 0.237. The monoisotopic (exact) mass is 582 g/mol. The molecule has 0 unspecified atom stereocenters. The van der Waals surface area contributed by atoms with Gasteiger partial charge in [0.2, 0.25) is 0 Å². The molecule has 0 radical (unpaired) electrons. The summed E-state index contributed by atoms with van der Waals surface area (Å²) in [5.41, 5.74) is 4.99. The lowest BCUT2D eigenvalue weighted by molar-refractivity contribution is -0.139. The van der Waals surface area contributed by atoms with E-state index in [1.165, 1.54) is 13.3 Å². The number of hydrogen-bond acceptors (Lipinski definition) is 8. The number of carbonyl (C=O) groups is 3. The molecule has 0 saturated heterocycles. The maximum atomic E-state index is 12.3. The summed E-state index contributed by atoms with van der Waals surface area (Å²) in [6.45, 7) is 1.78. The molecule has 12 heteroatoms. The standard InChI is InChI=1S/C29H31ClN4O7/c1-18-21(30)6-5-7-22(18)33-27(35)17-41-24-11-9-20(15-26(24)40-4)16-32-34-29(37)28(36)31-13-12-19-8-10-23(38-2)25(14-19)39-3/h5-11,14-16H,12-13,17H2,1-4H3,(H,31,36)(H,33,35)(H,34,37)/b32-16-. The summed E-state index contributed by atoms with van der Waals surface area (Å²) in [5.74, 6) is -0.247. The molecular formula is C29H31ClN4O7. The fraction of sp³-hybridized carbons (Fsp3) is 0.241. The van der Waals surface area contributed by atoms with Crippen LogP contribution in [0.25, 0.3) is 0 Å². The smallest absolute Gasteiger partial charge is 0.329 e. The molecule has 11 nitrogen and oxygen atoms in total. The molecule has 0 saturated carbocycles. The van der Waals surface area contributed by atoms with Gasteiger partial charge in [-0.1, -0.05) is 23.7 Å². The van der Waals surface area contributed by atoms with E-state index in [1.54, 1.807) is 69.7 Å². The summed E-state index contributed by atoms with van der Waals surface area (Å²) in [4.78, 5) is 36.5. The van der Waals surface area contributed by atoms with Gasteiger partial charge in [-0.2, -0.15) is 5.10 Å². The van der Waals surface area contributed by atoms with Crippen molar-refractivity contribution in [3.05, 3.63) is 76.3 Å². The number of nitrogens with zero attached hydrogens (tertiary/aromatic N) is 1. The zero-order valence-electron chi connectivity index (χ0n) is 23.1. The van der Waals surface area contributed by atoms with Crippen molar-refractivity contribution in [1.82, 2.24) is 10.7 Å². The molecule has 0 fully saturated rings. The highest BCUT2D eigenvalue weighted by Crippen LogP contribution is 2.29. The van der Waals surface area contributed by atoms with Gasteiger partial charge in [-0.05, 0) is 72.5 Å². The van der Waals surface area contributed by atoms with Crippen LogP contribution in [0.1, 0.15) is 16.7 Å². The maximum Gasteiger partial charge on any atom is 0.329 e. The lowest BCUT2D eigenvalue weighted by Gasteiger charge is -2.12. The highest BCUT2D eigenvalue weighted by atomic mass is 35.5. The van der Waals surface area contributed by atoms with Crippen molar-refractivity contribution in [2.45, 2.75) is 13.3 Å². The quantitative estimate of drug-likeness (QED) is 0.169. The van der Waals surface area contributed by atoms with Crippen molar-refractivity contribution < 1.29 is 33.3 Å². The number of anilines is 1. The molecule has 3 N–H and O–H groups in total. The second kappa shape index (κ2) is 15.1. The molecule has 3 aromatic rings. The molecule has 0 aliphatic rings. The number of rotatable bonds is 12. The van der Waals surface area contributed by atoms with Crippen LogP contribution in [0, 0.1) is 6.92 Å². The van der Waals surface area contributed by atoms with E-state index >= 15 is 0 Å². The lowest BCUT2D eigenvalue weighted by Crippen LogP contribution is -2.38. The molecule has 3 aromatic carbocycles. The van der Waals surface area contributed by atoms with Crippen LogP contribution in [-0.4, -0.2) is 58.4 Å². The number of ether oxygens (including phenoxy) is 4. The van der Waals surface area contributed by atoms with Gasteiger partial charge in [0.1, 0.15) is 0 Å². The van der Waals surface area contributed by atoms with Gasteiger partial charge in [-0.3, -0.25) is 14.4 Å². The van der Waals surface area contributed by atoms with Gasteiger partial charge in [0.05, 0.1) is 27.5 Å². The first-order valence-corrected chi connectivity index (χ1v) is 12.8. The Hall–Kier alpha value is -4.77. The Labute approximate surface area is 242 Å². The third kappa shape index (κ3) is 8.87. The molecule has 3 amide bonds. The van der Waals surface area contributed by atoms with Crippen LogP contribution in [0.2, 0.25) is 5.02 Å². The lowest BCUT2D eigenvalue weighted by atomic mass is 10.1. The Bertz CT molecular complexity index is 1430. The normalized spacial score (nSPS) is 10.6. The summed E-state index contributed by atoms with van der Waals surface area (Å²) < 4.78 is 21.4. The fourth-order valence-corrected chi connectivity index (χ4v) is 3.78. The molecule has 0 aromatic heterocycles. The van der Waals surface area contributed by atoms with Crippen LogP contribution in [-0.2, 0) is 20.8 Å². The molecule has 41 heavy (non-hydrogen) atoms. The van der Waals surface area contributed by atoms with E-state index in [2.05, 4.69) is 21.2 Å². The Morgan fingerprint density at radius 3 is 2.32 bits per heavy atom. The number of nitrogens with one attached hydrogen (secondary N) is 3. The molecule has 216 valence electrons. The molecule has 0 aliphatic heterocycles. The van der Waals surface area contributed by atoms with Crippen LogP contribution in [0.15, 0.2) is 59.7 Å². The van der Waals surface area contributed by atoms with E-state index in [1.807, 2.05) is 6.07 Å². The summed E-state index contributed by atoms with van der Waals surface area (Å²) >= 11 is 6.09. The van der Waals surface area contributed by atoms with Crippen LogP contribution >= 0.6 is 11.6 Å². The highest BCUT2D eigenvalue weighted by molar-refractivity contribution is 6.35. The second-order valence-corrected chi connectivity index (χ2v) is 8.96. The summed E-state index contributed by atoms with van der Waals surface area (Å²) in [7, 11) is 4.54. The summed E-state index contributed by atoms with van der Waals surface area (Å²) in [6, 6.07) is 15.5. The molecule has 3 rings (SSSR count). The average Bonchev–Trinajstić information content (AvgIpc) is 2.98. The number of carbonyl (C=O) groups excluding carboxylic acids is 3. The van der Waals surface area contributed by atoms with E-state index in [-0.39, 0.29) is 19.1 Å². The van der Waals surface area contributed by atoms with Gasteiger partial charge in [0.15, 0.2) is 29.6 Å². The van der Waals surface area contributed by atoms with Crippen molar-refractivity contribution in [3.8, 4) is 23.0 Å². The fourth-order valence-electron chi connectivity index (χ4n) is 3.61. The van der Waals surface area contributed by atoms with E-state index in [9.17, 15) is 14.4 Å². The Morgan fingerprint density at radius 1 is 0.878 bits per heavy atom. The van der Waals surface area contributed by atoms with Crippen molar-refractivity contribution >= 4 is 41.2 Å². The summed E-state index contributed by atoms with van der Waals surface area (Å²) in [5, 5.41) is 9.67. The van der Waals surface area contributed by atoms with Crippen LogP contribution < -0.4 is 35.0 Å². The first-order chi connectivity index (χ1) is 19.7. The third-order valence-electron chi connectivity index (χ3n) is 5.82. The third-order valence-corrected chi connectivity index (χ3v) is 6.23. The number of methoxy groups -OCH3 is 3. The number of hydrogen-bond donors (Lipinski definition) is 3. The van der Waals surface area contributed by atoms with Crippen LogP contribution in [0.3, 0.4) is 0 Å². The van der Waals surface area contributed by atoms with Gasteiger partial charge in [0, 0.05) is 17.3 Å². The zero-order chi connectivity index (χ0) is 29.8. The first kappa shape index (κ1) is 30.8. The Morgan fingerprint density at radius 2 is 1.59 bits per heavy atom. The summed E-state index contributed by atoms with van der Waals surface area (Å²) in [6.07, 6.45) is 1.83. The molecule has 0 atom stereocenters. The predicted molar refractivity (Wildman–Crippen MR) is 155 cm³/mol. The first-order valence-electron chi connectivity index (χ1n) is 12.4. The topological polar surface area (TPSA) is 137 Å². The van der Waals surface area contributed by atoms with E-state index in [0.717, 1.165) is 11.1 Å². The van der Waals surface area contributed by atoms with Crippen molar-refractivity contribution in [3.63, 3.8) is 0 Å². The van der Waals surface area contributed by atoms with E-state index in [0.29, 0.717) is 45.7 Å². The van der Waals surface area contributed by atoms with E-state index < -0.39 is 11.8 Å². The molecule has 0 heterocycles. The van der Waals surface area contributed by atoms with Crippen molar-refractivity contribution in [1.29, 1.82) is 0 Å². The number of hydrazone groups is 1. The molecule has 0 spiro atoms. The highest BCUT2D eigenvalue weighted by Gasteiger charge is 2.13. The van der Waals surface area contributed by atoms with Gasteiger partial charge in [-0.15, -0.1) is 0 Å². The van der Waals surface area contributed by atoms with Gasteiger partial charge >= 0.3 is 11.8 Å².